The first-order valence-corrected chi connectivity index (χ1v) is 12.7. The molecule has 0 bridgehead atoms. The second-order valence-corrected chi connectivity index (χ2v) is 10.5. The standard InChI is InChI=1S/C22H26N2O7S2/c1-5-18-22(26)24-15-12-14(6-7-19(15)32-18)33(27,28)9-8-20(25)23-13-10-16(29-2)21(31-4)17(11-13)30-3/h6-7,10-12,18H,5,8-9H2,1-4H3,(H,23,25)(H,24,26). The molecule has 1 aliphatic rings. The van der Waals surface area contributed by atoms with Crippen molar-refractivity contribution in [3.63, 3.8) is 0 Å². The fraction of sp³-hybridized carbons (Fsp3) is 0.364. The van der Waals surface area contributed by atoms with Gasteiger partial charge in [-0.05, 0) is 24.6 Å². The van der Waals surface area contributed by atoms with Crippen molar-refractivity contribution in [2.24, 2.45) is 0 Å². The van der Waals surface area contributed by atoms with Gasteiger partial charge in [0.05, 0.1) is 42.9 Å². The van der Waals surface area contributed by atoms with E-state index in [1.807, 2.05) is 6.92 Å². The van der Waals surface area contributed by atoms with Gasteiger partial charge in [-0.15, -0.1) is 11.8 Å². The molecule has 0 saturated heterocycles. The molecule has 0 spiro atoms. The van der Waals surface area contributed by atoms with Crippen molar-refractivity contribution >= 4 is 44.8 Å². The first-order valence-electron chi connectivity index (χ1n) is 10.2. The van der Waals surface area contributed by atoms with Gasteiger partial charge in [-0.3, -0.25) is 9.59 Å². The summed E-state index contributed by atoms with van der Waals surface area (Å²) in [5.74, 6) is 0.0807. The molecule has 0 radical (unpaired) electrons. The van der Waals surface area contributed by atoms with Crippen LogP contribution in [0.1, 0.15) is 19.8 Å². The van der Waals surface area contributed by atoms with Crippen LogP contribution >= 0.6 is 11.8 Å². The summed E-state index contributed by atoms with van der Waals surface area (Å²) in [4.78, 5) is 25.4. The maximum atomic E-state index is 12.8. The lowest BCUT2D eigenvalue weighted by atomic mass is 10.2. The molecule has 0 aromatic heterocycles. The summed E-state index contributed by atoms with van der Waals surface area (Å²) in [5.41, 5.74) is 0.851. The van der Waals surface area contributed by atoms with Crippen molar-refractivity contribution in [1.82, 2.24) is 0 Å². The molecule has 0 fully saturated rings. The molecular formula is C22H26N2O7S2. The molecule has 1 atom stereocenters. The van der Waals surface area contributed by atoms with Crippen LogP contribution in [0.5, 0.6) is 17.2 Å². The molecule has 0 saturated carbocycles. The number of fused-ring (bicyclic) bond motifs is 1. The second-order valence-electron chi connectivity index (χ2n) is 7.19. The predicted octanol–water partition coefficient (Wildman–Crippen LogP) is 3.34. The number of nitrogens with one attached hydrogen (secondary N) is 2. The number of hydrogen-bond acceptors (Lipinski definition) is 8. The van der Waals surface area contributed by atoms with E-state index in [4.69, 9.17) is 14.2 Å². The Balaban J connectivity index is 1.69. The molecular weight excluding hydrogens is 468 g/mol. The van der Waals surface area contributed by atoms with Gasteiger partial charge in [0.1, 0.15) is 0 Å². The Morgan fingerprint density at radius 2 is 1.76 bits per heavy atom. The SMILES string of the molecule is CCC1Sc2ccc(S(=O)(=O)CCC(=O)Nc3cc(OC)c(OC)c(OC)c3)cc2NC1=O. The molecule has 2 amide bonds. The van der Waals surface area contributed by atoms with Crippen LogP contribution in [0, 0.1) is 0 Å². The molecule has 1 heterocycles. The van der Waals surface area contributed by atoms with Gasteiger partial charge in [-0.1, -0.05) is 6.92 Å². The number of carbonyl (C=O) groups is 2. The van der Waals surface area contributed by atoms with Crippen molar-refractivity contribution < 1.29 is 32.2 Å². The van der Waals surface area contributed by atoms with Gasteiger partial charge in [0.15, 0.2) is 21.3 Å². The molecule has 0 aliphatic carbocycles. The minimum absolute atomic E-state index is 0.0534. The highest BCUT2D eigenvalue weighted by atomic mass is 32.2. The number of sulfone groups is 1. The monoisotopic (exact) mass is 494 g/mol. The number of hydrogen-bond donors (Lipinski definition) is 2. The van der Waals surface area contributed by atoms with Crippen LogP contribution in [0.2, 0.25) is 0 Å². The van der Waals surface area contributed by atoms with E-state index >= 15 is 0 Å². The zero-order valence-corrected chi connectivity index (χ0v) is 20.4. The lowest BCUT2D eigenvalue weighted by molar-refractivity contribution is -0.116. The minimum Gasteiger partial charge on any atom is -0.493 e. The third-order valence-electron chi connectivity index (χ3n) is 5.05. The van der Waals surface area contributed by atoms with Gasteiger partial charge in [0.2, 0.25) is 17.6 Å². The van der Waals surface area contributed by atoms with Gasteiger partial charge in [0, 0.05) is 29.1 Å². The normalized spacial score (nSPS) is 15.3. The largest absolute Gasteiger partial charge is 0.493 e. The van der Waals surface area contributed by atoms with E-state index in [1.165, 1.54) is 45.2 Å². The number of amides is 2. The third kappa shape index (κ3) is 5.53. The van der Waals surface area contributed by atoms with E-state index in [0.717, 1.165) is 4.90 Å². The summed E-state index contributed by atoms with van der Waals surface area (Å²) >= 11 is 1.41. The molecule has 2 aromatic rings. The summed E-state index contributed by atoms with van der Waals surface area (Å²) in [6.07, 6.45) is 0.423. The first kappa shape index (κ1) is 24.7. The van der Waals surface area contributed by atoms with Gasteiger partial charge < -0.3 is 24.8 Å². The number of carbonyl (C=O) groups excluding carboxylic acids is 2. The van der Waals surface area contributed by atoms with Gasteiger partial charge in [0.25, 0.3) is 0 Å². The lowest BCUT2D eigenvalue weighted by Crippen LogP contribution is -2.28. The fourth-order valence-electron chi connectivity index (χ4n) is 3.31. The van der Waals surface area contributed by atoms with Gasteiger partial charge >= 0.3 is 0 Å². The summed E-state index contributed by atoms with van der Waals surface area (Å²) in [6, 6.07) is 7.74. The molecule has 9 nitrogen and oxygen atoms in total. The summed E-state index contributed by atoms with van der Waals surface area (Å²) in [7, 11) is 0.635. The summed E-state index contributed by atoms with van der Waals surface area (Å²) in [6.45, 7) is 1.92. The van der Waals surface area contributed by atoms with Crippen LogP contribution in [0.4, 0.5) is 11.4 Å². The molecule has 1 unspecified atom stereocenters. The highest BCUT2D eigenvalue weighted by molar-refractivity contribution is 8.01. The minimum atomic E-state index is -3.74. The number of rotatable bonds is 9. The smallest absolute Gasteiger partial charge is 0.237 e. The Bertz CT molecular complexity index is 1140. The van der Waals surface area contributed by atoms with E-state index in [1.54, 1.807) is 18.2 Å². The van der Waals surface area contributed by atoms with Crippen molar-refractivity contribution in [3.8, 4) is 17.2 Å². The molecule has 2 N–H and O–H groups in total. The Kier molecular flexibility index (Phi) is 7.75. The predicted molar refractivity (Wildman–Crippen MR) is 126 cm³/mol. The number of methoxy groups -OCH3 is 3. The average molecular weight is 495 g/mol. The molecule has 178 valence electrons. The Labute approximate surface area is 197 Å². The number of anilines is 2. The van der Waals surface area contributed by atoms with E-state index in [2.05, 4.69) is 10.6 Å². The quantitative estimate of drug-likeness (QED) is 0.545. The Hall–Kier alpha value is -2.92. The topological polar surface area (TPSA) is 120 Å². The highest BCUT2D eigenvalue weighted by Crippen LogP contribution is 2.40. The van der Waals surface area contributed by atoms with Gasteiger partial charge in [-0.2, -0.15) is 0 Å². The highest BCUT2D eigenvalue weighted by Gasteiger charge is 2.27. The zero-order valence-electron chi connectivity index (χ0n) is 18.8. The van der Waals surface area contributed by atoms with E-state index in [-0.39, 0.29) is 28.2 Å². The third-order valence-corrected chi connectivity index (χ3v) is 8.20. The molecule has 11 heteroatoms. The Morgan fingerprint density at radius 1 is 1.09 bits per heavy atom. The zero-order chi connectivity index (χ0) is 24.2. The number of ether oxygens (including phenoxy) is 3. The van der Waals surface area contributed by atoms with E-state index in [0.29, 0.717) is 35.0 Å². The maximum Gasteiger partial charge on any atom is 0.237 e. The second kappa shape index (κ2) is 10.3. The molecule has 1 aliphatic heterocycles. The Morgan fingerprint density at radius 3 is 2.33 bits per heavy atom. The first-order chi connectivity index (χ1) is 15.7. The van der Waals surface area contributed by atoms with Crippen molar-refractivity contribution in [1.29, 1.82) is 0 Å². The van der Waals surface area contributed by atoms with Crippen LogP contribution in [0.15, 0.2) is 40.1 Å². The fourth-order valence-corrected chi connectivity index (χ4v) is 5.60. The van der Waals surface area contributed by atoms with E-state index < -0.39 is 15.7 Å². The van der Waals surface area contributed by atoms with Crippen LogP contribution in [-0.4, -0.2) is 52.6 Å². The van der Waals surface area contributed by atoms with Gasteiger partial charge in [-0.25, -0.2) is 8.42 Å². The van der Waals surface area contributed by atoms with Crippen molar-refractivity contribution in [3.05, 3.63) is 30.3 Å². The summed E-state index contributed by atoms with van der Waals surface area (Å²) < 4.78 is 41.4. The van der Waals surface area contributed by atoms with Crippen LogP contribution < -0.4 is 24.8 Å². The molecule has 33 heavy (non-hydrogen) atoms. The van der Waals surface area contributed by atoms with Crippen LogP contribution in [-0.2, 0) is 19.4 Å². The lowest BCUT2D eigenvalue weighted by Gasteiger charge is -2.23. The van der Waals surface area contributed by atoms with E-state index in [9.17, 15) is 18.0 Å². The van der Waals surface area contributed by atoms with Crippen LogP contribution in [0.25, 0.3) is 0 Å². The molecule has 2 aromatic carbocycles. The van der Waals surface area contributed by atoms with Crippen LogP contribution in [0.3, 0.4) is 0 Å². The average Bonchev–Trinajstić information content (AvgIpc) is 2.81. The van der Waals surface area contributed by atoms with Crippen molar-refractivity contribution in [2.45, 2.75) is 34.8 Å². The summed E-state index contributed by atoms with van der Waals surface area (Å²) in [5, 5.41) is 5.22. The number of thioether (sulfide) groups is 1. The van der Waals surface area contributed by atoms with Crippen molar-refractivity contribution in [2.75, 3.05) is 37.7 Å². The maximum absolute atomic E-state index is 12.8. The molecule has 3 rings (SSSR count). The number of benzene rings is 2.